The number of rotatable bonds is 10. The first-order chi connectivity index (χ1) is 33.4. The largest absolute Gasteiger partial charge is 0.426 e. The zero-order chi connectivity index (χ0) is 46.7. The molecule has 348 valence electrons. The minimum Gasteiger partial charge on any atom is -0.426 e. The fraction of sp³-hybridized carbons (Fsp3) is 0.333. The van der Waals surface area contributed by atoms with E-state index in [1.807, 2.05) is 121 Å². The van der Waals surface area contributed by atoms with Gasteiger partial charge in [0, 0.05) is 5.41 Å². The van der Waals surface area contributed by atoms with Crippen molar-refractivity contribution in [3.05, 3.63) is 193 Å². The summed E-state index contributed by atoms with van der Waals surface area (Å²) >= 11 is 0. The van der Waals surface area contributed by atoms with E-state index in [1.165, 1.54) is 0 Å². The Balaban J connectivity index is 0.000000181. The van der Waals surface area contributed by atoms with E-state index < -0.39 is 17.3 Å². The second-order valence-corrected chi connectivity index (χ2v) is 19.0. The minimum atomic E-state index is -0.636. The van der Waals surface area contributed by atoms with Gasteiger partial charge in [-0.25, -0.2) is 0 Å². The van der Waals surface area contributed by atoms with Crippen LogP contribution in [0.15, 0.2) is 182 Å². The number of hydrogen-bond acceptors (Lipinski definition) is 8. The highest BCUT2D eigenvalue weighted by molar-refractivity contribution is 5.82. The number of fused-ring (bicyclic) bond motifs is 2. The van der Waals surface area contributed by atoms with Crippen LogP contribution in [0.3, 0.4) is 0 Å². The SMILES string of the molecule is O=C(Oc1ccccc1)C1CC(C(=O)Oc2ccccc2)C(c2ccccc2)(c2ccccc2)C2CCCCC12.O=C(Oc1ccccc1)C1CCC2C(CCCC2C(=O)Oc2ccccc2)C1. The molecule has 6 aromatic carbocycles. The molecule has 0 aliphatic heterocycles. The molecule has 0 aromatic heterocycles. The molecule has 68 heavy (non-hydrogen) atoms. The lowest BCUT2D eigenvalue weighted by Gasteiger charge is -2.56. The van der Waals surface area contributed by atoms with Gasteiger partial charge in [-0.3, -0.25) is 19.2 Å². The lowest BCUT2D eigenvalue weighted by atomic mass is 9.46. The highest BCUT2D eigenvalue weighted by Crippen LogP contribution is 2.60. The van der Waals surface area contributed by atoms with Crippen LogP contribution in [0.25, 0.3) is 0 Å². The molecule has 8 unspecified atom stereocenters. The van der Waals surface area contributed by atoms with Crippen LogP contribution in [0.1, 0.15) is 81.8 Å². The molecule has 4 saturated carbocycles. The standard InChI is InChI=1S/C36H34O4.C24H26O4/c37-34(39-28-19-9-3-10-20-28)31-25-33(35(38)40-29-21-11-4-12-22-29)36(26-15-5-1-6-16-26,27-17-7-2-8-18-27)32-24-14-13-23-30(31)32;25-23(27-19-9-3-1-4-10-19)18-14-15-21-17(16-18)8-7-13-22(21)24(26)28-20-11-5-2-6-12-20/h1-12,15-22,30-33H,13-14,23-25H2;1-6,9-12,17-18,21-22H,7-8,13-16H2. The smallest absolute Gasteiger partial charge is 0.315 e. The Morgan fingerprint density at radius 1 is 0.368 bits per heavy atom. The summed E-state index contributed by atoms with van der Waals surface area (Å²) in [6.07, 6.45) is 9.79. The molecule has 4 aliphatic rings. The van der Waals surface area contributed by atoms with Gasteiger partial charge in [0.05, 0.1) is 23.7 Å². The molecule has 8 atom stereocenters. The summed E-state index contributed by atoms with van der Waals surface area (Å²) in [5.74, 6) is 1.17. The molecule has 0 radical (unpaired) electrons. The number of para-hydroxylation sites is 4. The van der Waals surface area contributed by atoms with Crippen molar-refractivity contribution >= 4 is 23.9 Å². The van der Waals surface area contributed by atoms with Crippen LogP contribution in [0.4, 0.5) is 0 Å². The Kier molecular flexibility index (Phi) is 14.9. The van der Waals surface area contributed by atoms with Gasteiger partial charge in [-0.1, -0.05) is 159 Å². The number of benzene rings is 6. The highest BCUT2D eigenvalue weighted by atomic mass is 16.5. The monoisotopic (exact) mass is 908 g/mol. The fourth-order valence-electron chi connectivity index (χ4n) is 12.3. The van der Waals surface area contributed by atoms with E-state index in [9.17, 15) is 19.2 Å². The van der Waals surface area contributed by atoms with Crippen molar-refractivity contribution in [2.24, 2.45) is 47.3 Å². The van der Waals surface area contributed by atoms with Gasteiger partial charge in [0.25, 0.3) is 0 Å². The van der Waals surface area contributed by atoms with E-state index in [4.69, 9.17) is 18.9 Å². The van der Waals surface area contributed by atoms with Crippen molar-refractivity contribution in [2.45, 2.75) is 76.0 Å². The summed E-state index contributed by atoms with van der Waals surface area (Å²) in [4.78, 5) is 53.6. The molecular weight excluding hydrogens is 849 g/mol. The number of hydrogen-bond donors (Lipinski definition) is 0. The maximum absolute atomic E-state index is 14.4. The van der Waals surface area contributed by atoms with Crippen LogP contribution in [-0.2, 0) is 24.6 Å². The van der Waals surface area contributed by atoms with Crippen molar-refractivity contribution < 1.29 is 38.1 Å². The lowest BCUT2D eigenvalue weighted by Crippen LogP contribution is -2.58. The summed E-state index contributed by atoms with van der Waals surface area (Å²) in [5.41, 5.74) is 1.56. The van der Waals surface area contributed by atoms with Crippen LogP contribution in [0.5, 0.6) is 23.0 Å². The van der Waals surface area contributed by atoms with Crippen molar-refractivity contribution in [3.8, 4) is 23.0 Å². The normalized spacial score (nSPS) is 24.8. The maximum Gasteiger partial charge on any atom is 0.315 e. The molecule has 6 aromatic rings. The first kappa shape index (κ1) is 46.3. The number of ether oxygens (including phenoxy) is 4. The Morgan fingerprint density at radius 2 is 0.794 bits per heavy atom. The van der Waals surface area contributed by atoms with Gasteiger partial charge < -0.3 is 18.9 Å². The van der Waals surface area contributed by atoms with Crippen molar-refractivity contribution in [1.82, 2.24) is 0 Å². The van der Waals surface area contributed by atoms with E-state index >= 15 is 0 Å². The Labute approximate surface area is 400 Å². The van der Waals surface area contributed by atoms with Gasteiger partial charge in [0.2, 0.25) is 0 Å². The van der Waals surface area contributed by atoms with Crippen LogP contribution >= 0.6 is 0 Å². The fourth-order valence-corrected chi connectivity index (χ4v) is 12.3. The quantitative estimate of drug-likeness (QED) is 0.0988. The molecule has 0 N–H and O–H groups in total. The van der Waals surface area contributed by atoms with E-state index in [0.717, 1.165) is 75.3 Å². The predicted octanol–water partition coefficient (Wildman–Crippen LogP) is 12.7. The topological polar surface area (TPSA) is 105 Å². The lowest BCUT2D eigenvalue weighted by molar-refractivity contribution is -0.155. The predicted molar refractivity (Wildman–Crippen MR) is 261 cm³/mol. The summed E-state index contributed by atoms with van der Waals surface area (Å²) in [6, 6.07) is 57.8. The molecule has 0 heterocycles. The van der Waals surface area contributed by atoms with Gasteiger partial charge >= 0.3 is 23.9 Å². The highest BCUT2D eigenvalue weighted by Gasteiger charge is 2.61. The van der Waals surface area contributed by atoms with Gasteiger partial charge in [-0.15, -0.1) is 0 Å². The second kappa shape index (κ2) is 21.9. The molecule has 4 fully saturated rings. The molecule has 0 amide bonds. The van der Waals surface area contributed by atoms with Gasteiger partial charge in [-0.05, 0) is 128 Å². The number of esters is 4. The Hall–Kier alpha value is -6.80. The van der Waals surface area contributed by atoms with Crippen LogP contribution in [0, 0.1) is 47.3 Å². The molecule has 4 aliphatic carbocycles. The van der Waals surface area contributed by atoms with Crippen LogP contribution in [-0.4, -0.2) is 23.9 Å². The van der Waals surface area contributed by atoms with Crippen LogP contribution < -0.4 is 18.9 Å². The Morgan fingerprint density at radius 3 is 1.29 bits per heavy atom. The first-order valence-corrected chi connectivity index (χ1v) is 24.6. The third-order valence-corrected chi connectivity index (χ3v) is 15.2. The minimum absolute atomic E-state index is 0.0648. The van der Waals surface area contributed by atoms with E-state index in [0.29, 0.717) is 41.3 Å². The first-order valence-electron chi connectivity index (χ1n) is 24.6. The van der Waals surface area contributed by atoms with Crippen LogP contribution in [0.2, 0.25) is 0 Å². The zero-order valence-electron chi connectivity index (χ0n) is 38.5. The van der Waals surface area contributed by atoms with E-state index in [2.05, 4.69) is 24.3 Å². The average Bonchev–Trinajstić information content (AvgIpc) is 3.39. The Bertz CT molecular complexity index is 2530. The molecule has 0 bridgehead atoms. The molecule has 8 heteroatoms. The zero-order valence-corrected chi connectivity index (χ0v) is 38.5. The van der Waals surface area contributed by atoms with Gasteiger partial charge in [0.1, 0.15) is 23.0 Å². The van der Waals surface area contributed by atoms with E-state index in [1.54, 1.807) is 36.4 Å². The third kappa shape index (κ3) is 10.3. The molecule has 0 spiro atoms. The van der Waals surface area contributed by atoms with Crippen molar-refractivity contribution in [3.63, 3.8) is 0 Å². The molecular formula is C60H60O8. The number of carbonyl (C=O) groups excluding carboxylic acids is 4. The molecule has 10 rings (SSSR count). The van der Waals surface area contributed by atoms with Crippen molar-refractivity contribution in [2.75, 3.05) is 0 Å². The second-order valence-electron chi connectivity index (χ2n) is 19.0. The average molecular weight is 909 g/mol. The van der Waals surface area contributed by atoms with Crippen molar-refractivity contribution in [1.29, 1.82) is 0 Å². The third-order valence-electron chi connectivity index (χ3n) is 15.2. The summed E-state index contributed by atoms with van der Waals surface area (Å²) < 4.78 is 23.2. The molecule has 8 nitrogen and oxygen atoms in total. The summed E-state index contributed by atoms with van der Waals surface area (Å²) in [6.45, 7) is 0. The summed E-state index contributed by atoms with van der Waals surface area (Å²) in [7, 11) is 0. The molecule has 0 saturated heterocycles. The number of carbonyl (C=O) groups is 4. The van der Waals surface area contributed by atoms with Gasteiger partial charge in [-0.2, -0.15) is 0 Å². The van der Waals surface area contributed by atoms with E-state index in [-0.39, 0.29) is 47.5 Å². The summed E-state index contributed by atoms with van der Waals surface area (Å²) in [5, 5.41) is 0. The van der Waals surface area contributed by atoms with Gasteiger partial charge in [0.15, 0.2) is 0 Å². The maximum atomic E-state index is 14.4.